The monoisotopic (exact) mass is 373 g/mol. The van der Waals surface area contributed by atoms with E-state index in [0.29, 0.717) is 34.2 Å². The van der Waals surface area contributed by atoms with E-state index in [1.807, 2.05) is 26.0 Å². The van der Waals surface area contributed by atoms with Crippen molar-refractivity contribution in [2.75, 3.05) is 5.75 Å². The molecule has 1 N–H and O–H groups in total. The molecule has 138 valence electrons. The molecule has 3 aromatic rings. The Morgan fingerprint density at radius 1 is 1.23 bits per heavy atom. The summed E-state index contributed by atoms with van der Waals surface area (Å²) in [6.45, 7) is 7.95. The lowest BCUT2D eigenvalue weighted by Crippen LogP contribution is -2.24. The lowest BCUT2D eigenvalue weighted by Gasteiger charge is -2.18. The maximum absolute atomic E-state index is 12.8. The van der Waals surface area contributed by atoms with Crippen molar-refractivity contribution in [3.63, 3.8) is 0 Å². The van der Waals surface area contributed by atoms with Crippen LogP contribution >= 0.6 is 11.8 Å². The quantitative estimate of drug-likeness (QED) is 0.528. The van der Waals surface area contributed by atoms with Crippen LogP contribution in [0, 0.1) is 0 Å². The highest BCUT2D eigenvalue weighted by Crippen LogP contribution is 2.22. The molecule has 0 radical (unpaired) electrons. The summed E-state index contributed by atoms with van der Waals surface area (Å²) in [5, 5.41) is 11.4. The van der Waals surface area contributed by atoms with Gasteiger partial charge in [0.05, 0.1) is 5.69 Å². The molecule has 3 rings (SSSR count). The molecule has 8 heteroatoms. The van der Waals surface area contributed by atoms with Crippen LogP contribution in [-0.4, -0.2) is 35.2 Å². The standard InChI is InChI=1S/C18H23N5O2S/c1-5-10-22-16(24)12-11-19-17(26-6-2)21-15(12)23(22)14-9-7-8-13(20-14)18(3,4)25/h7-9,11,25H,5-6,10H2,1-4H3. The molecular formula is C18H23N5O2S. The molecule has 0 aliphatic heterocycles. The van der Waals surface area contributed by atoms with Gasteiger partial charge < -0.3 is 5.11 Å². The Bertz CT molecular complexity index is 987. The van der Waals surface area contributed by atoms with Crippen LogP contribution in [0.4, 0.5) is 0 Å². The van der Waals surface area contributed by atoms with Crippen LogP contribution in [-0.2, 0) is 12.1 Å². The summed E-state index contributed by atoms with van der Waals surface area (Å²) in [6.07, 6.45) is 2.39. The lowest BCUT2D eigenvalue weighted by molar-refractivity contribution is 0.0738. The second-order valence-corrected chi connectivity index (χ2v) is 7.73. The first kappa shape index (κ1) is 18.6. The number of aromatic nitrogens is 5. The minimum absolute atomic E-state index is 0.134. The highest BCUT2D eigenvalue weighted by Gasteiger charge is 2.21. The minimum Gasteiger partial charge on any atom is -0.384 e. The molecule has 0 amide bonds. The molecule has 3 heterocycles. The van der Waals surface area contributed by atoms with Gasteiger partial charge in [0.1, 0.15) is 11.0 Å². The lowest BCUT2D eigenvalue weighted by atomic mass is 10.1. The third-order valence-electron chi connectivity index (χ3n) is 3.94. The molecule has 0 bridgehead atoms. The summed E-state index contributed by atoms with van der Waals surface area (Å²) in [6, 6.07) is 5.41. The number of rotatable bonds is 6. The molecule has 26 heavy (non-hydrogen) atoms. The third-order valence-corrected chi connectivity index (χ3v) is 4.68. The van der Waals surface area contributed by atoms with Gasteiger partial charge in [-0.15, -0.1) is 0 Å². The van der Waals surface area contributed by atoms with E-state index in [-0.39, 0.29) is 5.56 Å². The van der Waals surface area contributed by atoms with Gasteiger partial charge in [-0.3, -0.25) is 4.79 Å². The van der Waals surface area contributed by atoms with Crippen LogP contribution in [0.15, 0.2) is 34.3 Å². The fourth-order valence-electron chi connectivity index (χ4n) is 2.74. The van der Waals surface area contributed by atoms with E-state index in [4.69, 9.17) is 0 Å². The molecule has 7 nitrogen and oxygen atoms in total. The molecule has 0 saturated heterocycles. The van der Waals surface area contributed by atoms with E-state index < -0.39 is 5.60 Å². The SMILES string of the molecule is CCCn1c(=O)c2cnc(SCC)nc2n1-c1cccc(C(C)(C)O)n1. The van der Waals surface area contributed by atoms with Gasteiger partial charge in [0.2, 0.25) is 0 Å². The van der Waals surface area contributed by atoms with Crippen LogP contribution in [0.2, 0.25) is 0 Å². The zero-order chi connectivity index (χ0) is 18.9. The van der Waals surface area contributed by atoms with E-state index in [0.717, 1.165) is 12.2 Å². The summed E-state index contributed by atoms with van der Waals surface area (Å²) in [5.74, 6) is 1.40. The first-order valence-electron chi connectivity index (χ1n) is 8.68. The molecule has 0 unspecified atom stereocenters. The van der Waals surface area contributed by atoms with Crippen LogP contribution in [0.3, 0.4) is 0 Å². The fourth-order valence-corrected chi connectivity index (χ4v) is 3.28. The second-order valence-electron chi connectivity index (χ2n) is 6.50. The molecule has 0 aliphatic rings. The third kappa shape index (κ3) is 3.39. The maximum Gasteiger partial charge on any atom is 0.278 e. The van der Waals surface area contributed by atoms with E-state index in [1.165, 1.54) is 11.8 Å². The van der Waals surface area contributed by atoms with Gasteiger partial charge >= 0.3 is 0 Å². The van der Waals surface area contributed by atoms with E-state index >= 15 is 0 Å². The van der Waals surface area contributed by atoms with E-state index in [1.54, 1.807) is 35.5 Å². The number of hydrogen-bond donors (Lipinski definition) is 1. The normalized spacial score (nSPS) is 12.0. The van der Waals surface area contributed by atoms with Gasteiger partial charge in [-0.25, -0.2) is 24.3 Å². The summed E-state index contributed by atoms with van der Waals surface area (Å²) in [4.78, 5) is 26.3. The molecular weight excluding hydrogens is 350 g/mol. The molecule has 0 aliphatic carbocycles. The predicted molar refractivity (Wildman–Crippen MR) is 103 cm³/mol. The Hall–Kier alpha value is -2.19. The summed E-state index contributed by atoms with van der Waals surface area (Å²) >= 11 is 1.52. The first-order chi connectivity index (χ1) is 12.4. The molecule has 0 spiro atoms. The van der Waals surface area contributed by atoms with E-state index in [2.05, 4.69) is 15.0 Å². The first-order valence-corrected chi connectivity index (χ1v) is 9.67. The zero-order valence-electron chi connectivity index (χ0n) is 15.4. The number of pyridine rings is 1. The summed E-state index contributed by atoms with van der Waals surface area (Å²) < 4.78 is 3.37. The maximum atomic E-state index is 12.8. The molecule has 3 aromatic heterocycles. The fraction of sp³-hybridized carbons (Fsp3) is 0.444. The van der Waals surface area contributed by atoms with Crippen LogP contribution < -0.4 is 5.56 Å². The largest absolute Gasteiger partial charge is 0.384 e. The highest BCUT2D eigenvalue weighted by molar-refractivity contribution is 7.99. The number of fused-ring (bicyclic) bond motifs is 1. The van der Waals surface area contributed by atoms with Crippen molar-refractivity contribution in [2.24, 2.45) is 0 Å². The molecule has 0 aromatic carbocycles. The smallest absolute Gasteiger partial charge is 0.278 e. The Morgan fingerprint density at radius 2 is 2.00 bits per heavy atom. The Kier molecular flexibility index (Phi) is 5.15. The topological polar surface area (TPSA) is 85.8 Å². The van der Waals surface area contributed by atoms with Crippen molar-refractivity contribution in [2.45, 2.75) is 51.4 Å². The summed E-state index contributed by atoms with van der Waals surface area (Å²) in [7, 11) is 0. The van der Waals surface area contributed by atoms with Crippen molar-refractivity contribution in [1.82, 2.24) is 24.3 Å². The molecule has 0 fully saturated rings. The number of nitrogens with zero attached hydrogens (tertiary/aromatic N) is 5. The predicted octanol–water partition coefficient (Wildman–Crippen LogP) is 2.73. The Balaban J connectivity index is 2.31. The Morgan fingerprint density at radius 3 is 2.65 bits per heavy atom. The Labute approximate surface area is 156 Å². The van der Waals surface area contributed by atoms with Gasteiger partial charge in [-0.2, -0.15) is 0 Å². The van der Waals surface area contributed by atoms with Gasteiger partial charge in [0.25, 0.3) is 5.56 Å². The van der Waals surface area contributed by atoms with Crippen molar-refractivity contribution in [3.8, 4) is 5.82 Å². The number of aliphatic hydroxyl groups is 1. The van der Waals surface area contributed by atoms with Crippen LogP contribution in [0.25, 0.3) is 16.9 Å². The van der Waals surface area contributed by atoms with Crippen molar-refractivity contribution in [1.29, 1.82) is 0 Å². The average molecular weight is 373 g/mol. The van der Waals surface area contributed by atoms with Gasteiger partial charge in [0.15, 0.2) is 16.6 Å². The van der Waals surface area contributed by atoms with Gasteiger partial charge in [-0.05, 0) is 38.2 Å². The second kappa shape index (κ2) is 7.20. The van der Waals surface area contributed by atoms with Crippen molar-refractivity contribution < 1.29 is 5.11 Å². The van der Waals surface area contributed by atoms with Crippen molar-refractivity contribution in [3.05, 3.63) is 40.4 Å². The number of thioether (sulfide) groups is 1. The zero-order valence-corrected chi connectivity index (χ0v) is 16.2. The molecule has 0 saturated carbocycles. The molecule has 0 atom stereocenters. The van der Waals surface area contributed by atoms with E-state index in [9.17, 15) is 9.90 Å². The minimum atomic E-state index is -1.08. The van der Waals surface area contributed by atoms with Crippen LogP contribution in [0.5, 0.6) is 0 Å². The van der Waals surface area contributed by atoms with Gasteiger partial charge in [-0.1, -0.05) is 31.7 Å². The average Bonchev–Trinajstić information content (AvgIpc) is 2.87. The number of hydrogen-bond acceptors (Lipinski definition) is 6. The van der Waals surface area contributed by atoms with Crippen molar-refractivity contribution >= 4 is 22.8 Å². The van der Waals surface area contributed by atoms with Crippen LogP contribution in [0.1, 0.15) is 39.8 Å². The highest BCUT2D eigenvalue weighted by atomic mass is 32.2. The summed E-state index contributed by atoms with van der Waals surface area (Å²) in [5.41, 5.74) is -0.141. The van der Waals surface area contributed by atoms with Gasteiger partial charge in [0, 0.05) is 12.7 Å².